The van der Waals surface area contributed by atoms with E-state index in [-0.39, 0.29) is 6.61 Å². The van der Waals surface area contributed by atoms with Crippen LogP contribution in [0.15, 0.2) is 0 Å². The highest BCUT2D eigenvalue weighted by Gasteiger charge is 2.12. The first-order valence-corrected chi connectivity index (χ1v) is 6.41. The molecule has 0 unspecified atom stereocenters. The predicted molar refractivity (Wildman–Crippen MR) is 70.2 cm³/mol. The Labute approximate surface area is 108 Å². The lowest BCUT2D eigenvalue weighted by Gasteiger charge is -2.16. The summed E-state index contributed by atoms with van der Waals surface area (Å²) in [6, 6.07) is 0. The largest absolute Gasteiger partial charge is 0.396 e. The monoisotopic (exact) mass is 259 g/mol. The van der Waals surface area contributed by atoms with Gasteiger partial charge < -0.3 is 10.0 Å². The van der Waals surface area contributed by atoms with E-state index in [0.29, 0.717) is 0 Å². The van der Waals surface area contributed by atoms with E-state index in [0.717, 1.165) is 48.8 Å². The molecule has 5 heteroatoms. The minimum Gasteiger partial charge on any atom is -0.396 e. The topological polar surface area (TPSA) is 41.3 Å². The maximum atomic E-state index is 8.70. The van der Waals surface area contributed by atoms with E-state index in [1.54, 1.807) is 0 Å². The highest BCUT2D eigenvalue weighted by molar-refractivity contribution is 6.31. The highest BCUT2D eigenvalue weighted by Crippen LogP contribution is 2.20. The van der Waals surface area contributed by atoms with Crippen LogP contribution in [0.5, 0.6) is 0 Å². The van der Waals surface area contributed by atoms with Crippen LogP contribution in [-0.4, -0.2) is 40.0 Å². The number of nitrogens with zero attached hydrogens (tertiary/aromatic N) is 3. The van der Waals surface area contributed by atoms with Crippen LogP contribution in [0, 0.1) is 6.92 Å². The molecule has 0 spiro atoms. The Hall–Kier alpha value is -0.580. The molecule has 0 aliphatic rings. The molecule has 0 amide bonds. The zero-order chi connectivity index (χ0) is 12.8. The van der Waals surface area contributed by atoms with Crippen molar-refractivity contribution in [2.75, 3.05) is 20.2 Å². The zero-order valence-corrected chi connectivity index (χ0v) is 11.7. The lowest BCUT2D eigenvalue weighted by atomic mass is 10.2. The van der Waals surface area contributed by atoms with Crippen LogP contribution in [0.25, 0.3) is 0 Å². The van der Waals surface area contributed by atoms with Gasteiger partial charge in [-0.25, -0.2) is 0 Å². The molecule has 0 radical (unpaired) electrons. The fraction of sp³-hybridized carbons (Fsp3) is 0.750. The normalized spacial score (nSPS) is 11.4. The van der Waals surface area contributed by atoms with Gasteiger partial charge in [0.2, 0.25) is 0 Å². The van der Waals surface area contributed by atoms with Crippen LogP contribution >= 0.6 is 11.6 Å². The minimum atomic E-state index is 0.288. The van der Waals surface area contributed by atoms with E-state index in [9.17, 15) is 0 Å². The molecule has 1 heterocycles. The number of hydrogen-bond acceptors (Lipinski definition) is 3. The third-order valence-electron chi connectivity index (χ3n) is 2.88. The second kappa shape index (κ2) is 6.99. The smallest absolute Gasteiger partial charge is 0.0860 e. The average Bonchev–Trinajstić information content (AvgIpc) is 2.52. The fourth-order valence-electron chi connectivity index (χ4n) is 1.86. The summed E-state index contributed by atoms with van der Waals surface area (Å²) in [6.45, 7) is 4.04. The molecule has 4 nitrogen and oxygen atoms in total. The van der Waals surface area contributed by atoms with Crippen molar-refractivity contribution in [2.24, 2.45) is 7.05 Å². The van der Waals surface area contributed by atoms with Crippen molar-refractivity contribution >= 4 is 11.6 Å². The molecule has 1 aromatic rings. The Balaban J connectivity index is 2.42. The number of hydrogen-bond donors (Lipinski definition) is 1. The lowest BCUT2D eigenvalue weighted by molar-refractivity contribution is 0.269. The molecule has 0 aromatic carbocycles. The van der Waals surface area contributed by atoms with Gasteiger partial charge in [0.15, 0.2) is 0 Å². The van der Waals surface area contributed by atoms with Crippen LogP contribution < -0.4 is 0 Å². The van der Waals surface area contributed by atoms with E-state index >= 15 is 0 Å². The predicted octanol–water partition coefficient (Wildman–Crippen LogP) is 1.98. The molecule has 0 fully saturated rings. The number of unbranched alkanes of at least 4 members (excludes halogenated alkanes) is 2. The first kappa shape index (κ1) is 14.5. The summed E-state index contributed by atoms with van der Waals surface area (Å²) in [4.78, 5) is 2.24. The summed E-state index contributed by atoms with van der Waals surface area (Å²) in [5.74, 6) is 0. The lowest BCUT2D eigenvalue weighted by Crippen LogP contribution is -2.21. The van der Waals surface area contributed by atoms with E-state index in [4.69, 9.17) is 16.7 Å². The first-order chi connectivity index (χ1) is 8.06. The minimum absolute atomic E-state index is 0.288. The number of rotatable bonds is 7. The molecule has 0 saturated carbocycles. The van der Waals surface area contributed by atoms with Crippen LogP contribution in [0.3, 0.4) is 0 Å². The summed E-state index contributed by atoms with van der Waals surface area (Å²) < 4.78 is 1.85. The average molecular weight is 260 g/mol. The van der Waals surface area contributed by atoms with Crippen molar-refractivity contribution < 1.29 is 5.11 Å². The van der Waals surface area contributed by atoms with E-state index < -0.39 is 0 Å². The molecule has 0 aliphatic carbocycles. The second-order valence-corrected chi connectivity index (χ2v) is 4.87. The molecular formula is C12H22ClN3O. The van der Waals surface area contributed by atoms with Crippen molar-refractivity contribution in [2.45, 2.75) is 32.7 Å². The number of aliphatic hydroxyl groups excluding tert-OH is 1. The van der Waals surface area contributed by atoms with Crippen molar-refractivity contribution in [3.8, 4) is 0 Å². The molecular weight excluding hydrogens is 238 g/mol. The number of aliphatic hydroxyl groups is 1. The molecule has 0 aliphatic heterocycles. The van der Waals surface area contributed by atoms with E-state index in [1.165, 1.54) is 0 Å². The highest BCUT2D eigenvalue weighted by atomic mass is 35.5. The van der Waals surface area contributed by atoms with Gasteiger partial charge in [0, 0.05) is 20.2 Å². The molecule has 1 aromatic heterocycles. The second-order valence-electron chi connectivity index (χ2n) is 4.49. The molecule has 1 N–H and O–H groups in total. The van der Waals surface area contributed by atoms with Gasteiger partial charge in [0.25, 0.3) is 0 Å². The maximum absolute atomic E-state index is 8.70. The summed E-state index contributed by atoms with van der Waals surface area (Å²) in [5, 5.41) is 13.8. The Bertz CT molecular complexity index is 352. The van der Waals surface area contributed by atoms with Gasteiger partial charge in [0.1, 0.15) is 0 Å². The van der Waals surface area contributed by atoms with E-state index in [1.807, 2.05) is 18.7 Å². The van der Waals surface area contributed by atoms with Crippen LogP contribution in [0.2, 0.25) is 5.02 Å². The third-order valence-corrected chi connectivity index (χ3v) is 3.37. The molecule has 17 heavy (non-hydrogen) atoms. The van der Waals surface area contributed by atoms with Crippen LogP contribution in [0.1, 0.15) is 30.7 Å². The number of aryl methyl sites for hydroxylation is 2. The van der Waals surface area contributed by atoms with Gasteiger partial charge in [-0.2, -0.15) is 5.10 Å². The maximum Gasteiger partial charge on any atom is 0.0860 e. The third kappa shape index (κ3) is 4.30. The van der Waals surface area contributed by atoms with Gasteiger partial charge in [-0.05, 0) is 39.8 Å². The Morgan fingerprint density at radius 3 is 2.59 bits per heavy atom. The molecule has 0 atom stereocenters. The van der Waals surface area contributed by atoms with Gasteiger partial charge in [-0.15, -0.1) is 0 Å². The van der Waals surface area contributed by atoms with Crippen molar-refractivity contribution in [1.29, 1.82) is 0 Å². The van der Waals surface area contributed by atoms with Crippen molar-refractivity contribution in [3.63, 3.8) is 0 Å². The standard InChI is InChI=1S/C12H22ClN3O/c1-10-12(13)11(16(3)14-10)9-15(2)7-5-4-6-8-17/h17H,4-9H2,1-3H3. The van der Waals surface area contributed by atoms with Gasteiger partial charge >= 0.3 is 0 Å². The summed E-state index contributed by atoms with van der Waals surface area (Å²) in [7, 11) is 4.01. The SMILES string of the molecule is Cc1nn(C)c(CN(C)CCCCCO)c1Cl. The number of aromatic nitrogens is 2. The van der Waals surface area contributed by atoms with Gasteiger partial charge in [0.05, 0.1) is 16.4 Å². The quantitative estimate of drug-likeness (QED) is 0.762. The molecule has 1 rings (SSSR count). The van der Waals surface area contributed by atoms with Gasteiger partial charge in [-0.3, -0.25) is 4.68 Å². The van der Waals surface area contributed by atoms with Crippen molar-refractivity contribution in [3.05, 3.63) is 16.4 Å². The molecule has 98 valence electrons. The number of halogens is 1. The first-order valence-electron chi connectivity index (χ1n) is 6.03. The van der Waals surface area contributed by atoms with Crippen molar-refractivity contribution in [1.82, 2.24) is 14.7 Å². The molecule has 0 bridgehead atoms. The fourth-order valence-corrected chi connectivity index (χ4v) is 2.08. The Kier molecular flexibility index (Phi) is 5.95. The van der Waals surface area contributed by atoms with E-state index in [2.05, 4.69) is 17.0 Å². The van der Waals surface area contributed by atoms with Crippen LogP contribution in [0.4, 0.5) is 0 Å². The zero-order valence-electron chi connectivity index (χ0n) is 10.9. The Morgan fingerprint density at radius 1 is 1.35 bits per heavy atom. The molecule has 0 saturated heterocycles. The summed E-state index contributed by atoms with van der Waals surface area (Å²) >= 11 is 6.20. The summed E-state index contributed by atoms with van der Waals surface area (Å²) in [6.07, 6.45) is 3.06. The van der Waals surface area contributed by atoms with Gasteiger partial charge in [-0.1, -0.05) is 11.6 Å². The van der Waals surface area contributed by atoms with Crippen LogP contribution in [-0.2, 0) is 13.6 Å². The summed E-state index contributed by atoms with van der Waals surface area (Å²) in [5.41, 5.74) is 1.95. The Morgan fingerprint density at radius 2 is 2.06 bits per heavy atom.